The summed E-state index contributed by atoms with van der Waals surface area (Å²) in [7, 11) is 0. The van der Waals surface area contributed by atoms with E-state index in [-0.39, 0.29) is 12.4 Å². The van der Waals surface area contributed by atoms with Crippen molar-refractivity contribution >= 4 is 12.4 Å². The molecule has 10 heavy (non-hydrogen) atoms. The lowest BCUT2D eigenvalue weighted by Gasteiger charge is -2.15. The Morgan fingerprint density at radius 2 is 2.00 bits per heavy atom. The van der Waals surface area contributed by atoms with Gasteiger partial charge in [0.2, 0.25) is 0 Å². The number of carbonyl (C=O) groups excluding carboxylic acids is 2. The van der Waals surface area contributed by atoms with Crippen molar-refractivity contribution in [3.8, 4) is 0 Å². The summed E-state index contributed by atoms with van der Waals surface area (Å²) in [6.45, 7) is 5.33. The fourth-order valence-electron chi connectivity index (χ4n) is 0.231. The van der Waals surface area contributed by atoms with Crippen molar-refractivity contribution in [3.63, 3.8) is 0 Å². The molecule has 0 aromatic rings. The fraction of sp³-hybridized carbons (Fsp3) is 0.667. The van der Waals surface area contributed by atoms with E-state index in [0.29, 0.717) is 0 Å². The Balaban J connectivity index is 3.74. The molecule has 0 rings (SSSR count). The molecule has 4 heteroatoms. The van der Waals surface area contributed by atoms with E-state index in [1.165, 1.54) is 0 Å². The van der Waals surface area contributed by atoms with E-state index in [4.69, 9.17) is 0 Å². The SMILES string of the molecule is CC(C)(C)C(=O)NOC=O. The number of amides is 1. The van der Waals surface area contributed by atoms with Gasteiger partial charge in [-0.3, -0.25) is 9.59 Å². The lowest BCUT2D eigenvalue weighted by molar-refractivity contribution is -0.151. The number of carbonyl (C=O) groups is 2. The van der Waals surface area contributed by atoms with Crippen molar-refractivity contribution in [1.82, 2.24) is 5.48 Å². The minimum atomic E-state index is -0.525. The summed E-state index contributed by atoms with van der Waals surface area (Å²) < 4.78 is 0. The van der Waals surface area contributed by atoms with Crippen LogP contribution in [0.3, 0.4) is 0 Å². The van der Waals surface area contributed by atoms with E-state index in [0.717, 1.165) is 0 Å². The molecule has 0 unspecified atom stereocenters. The van der Waals surface area contributed by atoms with E-state index in [9.17, 15) is 9.59 Å². The third-order valence-electron chi connectivity index (χ3n) is 0.881. The summed E-state index contributed by atoms with van der Waals surface area (Å²) in [6, 6.07) is 0. The molecule has 58 valence electrons. The maximum absolute atomic E-state index is 10.8. The predicted octanol–water partition coefficient (Wildman–Crippen LogP) is 0.237. The molecule has 4 nitrogen and oxygen atoms in total. The number of rotatable bonds is 2. The van der Waals surface area contributed by atoms with Gasteiger partial charge in [0.25, 0.3) is 5.91 Å². The van der Waals surface area contributed by atoms with Gasteiger partial charge in [-0.1, -0.05) is 20.8 Å². The van der Waals surface area contributed by atoms with Gasteiger partial charge in [-0.05, 0) is 0 Å². The molecule has 1 amide bonds. The summed E-state index contributed by atoms with van der Waals surface area (Å²) in [5.41, 5.74) is 1.44. The van der Waals surface area contributed by atoms with E-state index >= 15 is 0 Å². The normalized spacial score (nSPS) is 10.3. The Hall–Kier alpha value is -1.06. The van der Waals surface area contributed by atoms with Crippen LogP contribution in [0.15, 0.2) is 0 Å². The highest BCUT2D eigenvalue weighted by Gasteiger charge is 2.21. The average molecular weight is 145 g/mol. The van der Waals surface area contributed by atoms with Crippen LogP contribution in [0.1, 0.15) is 20.8 Å². The lowest BCUT2D eigenvalue weighted by atomic mass is 9.96. The van der Waals surface area contributed by atoms with Crippen LogP contribution in [-0.4, -0.2) is 12.4 Å². The fourth-order valence-corrected chi connectivity index (χ4v) is 0.231. The number of nitrogens with one attached hydrogen (secondary N) is 1. The zero-order valence-corrected chi connectivity index (χ0v) is 6.30. The van der Waals surface area contributed by atoms with E-state index < -0.39 is 5.41 Å². The van der Waals surface area contributed by atoms with Crippen LogP contribution in [-0.2, 0) is 14.4 Å². The van der Waals surface area contributed by atoms with Crippen LogP contribution < -0.4 is 5.48 Å². The van der Waals surface area contributed by atoms with Gasteiger partial charge < -0.3 is 4.84 Å². The number of hydroxylamine groups is 1. The molecule has 0 bridgehead atoms. The Kier molecular flexibility index (Phi) is 2.86. The molecule has 0 radical (unpaired) electrons. The quantitative estimate of drug-likeness (QED) is 0.447. The third-order valence-corrected chi connectivity index (χ3v) is 0.881. The summed E-state index contributed by atoms with van der Waals surface area (Å²) in [4.78, 5) is 24.5. The highest BCUT2D eigenvalue weighted by atomic mass is 16.7. The van der Waals surface area contributed by atoms with Crippen molar-refractivity contribution < 1.29 is 14.4 Å². The Bertz CT molecular complexity index is 136. The Labute approximate surface area is 59.5 Å². The van der Waals surface area contributed by atoms with Gasteiger partial charge in [0.15, 0.2) is 0 Å². The molecule has 0 aliphatic rings. The molecule has 0 heterocycles. The lowest BCUT2D eigenvalue weighted by Crippen LogP contribution is -2.34. The molecular weight excluding hydrogens is 134 g/mol. The van der Waals surface area contributed by atoms with E-state index in [1.54, 1.807) is 20.8 Å². The molecule has 0 saturated heterocycles. The van der Waals surface area contributed by atoms with Gasteiger partial charge in [0, 0.05) is 5.41 Å². The summed E-state index contributed by atoms with van der Waals surface area (Å²) in [5.74, 6) is -0.320. The van der Waals surface area contributed by atoms with Crippen molar-refractivity contribution in [2.45, 2.75) is 20.8 Å². The molecular formula is C6H11NO3. The maximum Gasteiger partial charge on any atom is 0.320 e. The molecule has 1 N–H and O–H groups in total. The topological polar surface area (TPSA) is 55.4 Å². The minimum Gasteiger partial charge on any atom is -0.344 e. The van der Waals surface area contributed by atoms with Crippen molar-refractivity contribution in [2.24, 2.45) is 5.41 Å². The van der Waals surface area contributed by atoms with Crippen molar-refractivity contribution in [2.75, 3.05) is 0 Å². The van der Waals surface area contributed by atoms with Gasteiger partial charge in [-0.2, -0.15) is 5.48 Å². The first-order valence-corrected chi connectivity index (χ1v) is 2.88. The van der Waals surface area contributed by atoms with Gasteiger partial charge in [0.1, 0.15) is 0 Å². The summed E-state index contributed by atoms with van der Waals surface area (Å²) in [6.07, 6.45) is 0. The Morgan fingerprint density at radius 1 is 1.50 bits per heavy atom. The predicted molar refractivity (Wildman–Crippen MR) is 34.7 cm³/mol. The highest BCUT2D eigenvalue weighted by molar-refractivity contribution is 5.80. The molecule has 0 saturated carbocycles. The van der Waals surface area contributed by atoms with Gasteiger partial charge in [-0.15, -0.1) is 0 Å². The second-order valence-electron chi connectivity index (χ2n) is 2.90. The average Bonchev–Trinajstić information content (AvgIpc) is 1.80. The van der Waals surface area contributed by atoms with Crippen LogP contribution in [0.5, 0.6) is 0 Å². The second kappa shape index (κ2) is 3.20. The molecule has 0 spiro atoms. The van der Waals surface area contributed by atoms with Crippen LogP contribution in [0.25, 0.3) is 0 Å². The zero-order chi connectivity index (χ0) is 8.20. The molecule has 0 aliphatic carbocycles. The number of hydrogen-bond acceptors (Lipinski definition) is 3. The van der Waals surface area contributed by atoms with Crippen LogP contribution in [0.2, 0.25) is 0 Å². The standard InChI is InChI=1S/C6H11NO3/c1-6(2,3)5(9)7-10-4-8/h4H,1-3H3,(H,7,9). The third kappa shape index (κ3) is 3.06. The highest BCUT2D eigenvalue weighted by Crippen LogP contribution is 2.11. The van der Waals surface area contributed by atoms with Gasteiger partial charge in [-0.25, -0.2) is 0 Å². The minimum absolute atomic E-state index is 0.170. The first-order valence-electron chi connectivity index (χ1n) is 2.88. The number of hydrogen-bond donors (Lipinski definition) is 1. The Morgan fingerprint density at radius 3 is 2.30 bits per heavy atom. The first-order chi connectivity index (χ1) is 4.48. The first kappa shape index (κ1) is 8.94. The van der Waals surface area contributed by atoms with Crippen LogP contribution in [0, 0.1) is 5.41 Å². The monoisotopic (exact) mass is 145 g/mol. The maximum atomic E-state index is 10.8. The van der Waals surface area contributed by atoms with Crippen LogP contribution in [0.4, 0.5) is 0 Å². The summed E-state index contributed by atoms with van der Waals surface area (Å²) >= 11 is 0. The molecule has 0 atom stereocenters. The molecule has 0 aromatic heterocycles. The van der Waals surface area contributed by atoms with E-state index in [1.807, 2.05) is 5.48 Å². The van der Waals surface area contributed by atoms with Crippen molar-refractivity contribution in [1.29, 1.82) is 0 Å². The second-order valence-corrected chi connectivity index (χ2v) is 2.90. The van der Waals surface area contributed by atoms with Gasteiger partial charge in [0.05, 0.1) is 0 Å². The van der Waals surface area contributed by atoms with Crippen LogP contribution >= 0.6 is 0 Å². The zero-order valence-electron chi connectivity index (χ0n) is 6.30. The smallest absolute Gasteiger partial charge is 0.320 e. The van der Waals surface area contributed by atoms with Gasteiger partial charge >= 0.3 is 6.47 Å². The molecule has 0 aromatic carbocycles. The summed E-state index contributed by atoms with van der Waals surface area (Å²) in [5, 5.41) is 0. The van der Waals surface area contributed by atoms with Crippen molar-refractivity contribution in [3.05, 3.63) is 0 Å². The molecule has 0 fully saturated rings. The molecule has 0 aliphatic heterocycles. The largest absolute Gasteiger partial charge is 0.344 e. The van der Waals surface area contributed by atoms with E-state index in [2.05, 4.69) is 4.84 Å².